The van der Waals surface area contributed by atoms with Crippen molar-refractivity contribution in [2.45, 2.75) is 0 Å². The molecular weight excluding hydrogens is 543 g/mol. The second kappa shape index (κ2) is 15.2. The van der Waals surface area contributed by atoms with E-state index >= 15 is 0 Å². The first-order valence-electron chi connectivity index (χ1n) is 11.2. The first kappa shape index (κ1) is 30.1. The summed E-state index contributed by atoms with van der Waals surface area (Å²) in [6, 6.07) is 26.2. The molecule has 0 unspecified atom stereocenters. The number of hydrogen-bond donors (Lipinski definition) is 4. The minimum absolute atomic E-state index is 0. The monoisotopic (exact) mass is 569 g/mol. The fourth-order valence-corrected chi connectivity index (χ4v) is 2.99. The zero-order valence-electron chi connectivity index (χ0n) is 20.4. The molecule has 10 nitrogen and oxygen atoms in total. The van der Waals surface area contributed by atoms with Crippen LogP contribution >= 0.6 is 0 Å². The summed E-state index contributed by atoms with van der Waals surface area (Å²) in [5.41, 5.74) is 6.10. The number of para-hydroxylation sites is 4. The van der Waals surface area contributed by atoms with E-state index in [-0.39, 0.29) is 39.7 Å². The van der Waals surface area contributed by atoms with Crippen molar-refractivity contribution in [1.82, 2.24) is 10.9 Å². The SMILES string of the molecule is O=C(NN=Cc1ccccc1[OH2+])c1ccccc1O.O=C(NN=Cc1ccccc1[OH2+])c1ccccc1O.[Mn+2]. The van der Waals surface area contributed by atoms with Gasteiger partial charge < -0.3 is 20.4 Å². The third kappa shape index (κ3) is 9.04. The molecule has 0 atom stereocenters. The largest absolute Gasteiger partial charge is 2.00 e. The number of nitrogens with zero attached hydrogens (tertiary/aromatic N) is 2. The van der Waals surface area contributed by atoms with Gasteiger partial charge in [0, 0.05) is 12.1 Å². The van der Waals surface area contributed by atoms with Gasteiger partial charge >= 0.3 is 17.1 Å². The van der Waals surface area contributed by atoms with Crippen LogP contribution in [0.4, 0.5) is 0 Å². The second-order valence-corrected chi connectivity index (χ2v) is 7.61. The topological polar surface area (TPSA) is 169 Å². The molecule has 0 fully saturated rings. The predicted molar refractivity (Wildman–Crippen MR) is 145 cm³/mol. The Bertz CT molecular complexity index is 1360. The van der Waals surface area contributed by atoms with Gasteiger partial charge in [0.2, 0.25) is 0 Å². The fraction of sp³-hybridized carbons (Fsp3) is 0. The third-order valence-corrected chi connectivity index (χ3v) is 4.96. The molecule has 0 heterocycles. The number of hydrazone groups is 2. The minimum Gasteiger partial charge on any atom is -0.593 e. The number of carbonyl (C=O) groups excluding carboxylic acids is 2. The predicted octanol–water partition coefficient (Wildman–Crippen LogP) is 3.19. The van der Waals surface area contributed by atoms with Gasteiger partial charge in [-0.3, -0.25) is 9.59 Å². The van der Waals surface area contributed by atoms with E-state index in [2.05, 4.69) is 21.1 Å². The zero-order chi connectivity index (χ0) is 27.3. The number of aromatic hydroxyl groups is 2. The Morgan fingerprint density at radius 3 is 1.28 bits per heavy atom. The van der Waals surface area contributed by atoms with Gasteiger partial charge in [0.25, 0.3) is 23.3 Å². The number of benzene rings is 4. The second-order valence-electron chi connectivity index (χ2n) is 7.61. The number of hydrogen-bond acceptors (Lipinski definition) is 6. The molecule has 1 radical (unpaired) electrons. The van der Waals surface area contributed by atoms with Gasteiger partial charge in [-0.1, -0.05) is 48.5 Å². The van der Waals surface area contributed by atoms with E-state index in [0.717, 1.165) is 0 Å². The van der Waals surface area contributed by atoms with Crippen molar-refractivity contribution >= 4 is 24.2 Å². The Balaban J connectivity index is 0.000000267. The van der Waals surface area contributed by atoms with Crippen molar-refractivity contribution < 1.29 is 47.1 Å². The van der Waals surface area contributed by atoms with Gasteiger partial charge in [0.05, 0.1) is 34.7 Å². The van der Waals surface area contributed by atoms with Crippen molar-refractivity contribution in [1.29, 1.82) is 0 Å². The Kier molecular flexibility index (Phi) is 11.7. The van der Waals surface area contributed by atoms with Gasteiger partial charge in [-0.2, -0.15) is 10.2 Å². The molecule has 0 saturated heterocycles. The summed E-state index contributed by atoms with van der Waals surface area (Å²) in [5, 5.41) is 41.7. The smallest absolute Gasteiger partial charge is 0.593 e. The standard InChI is InChI=1S/2C14H12N2O3.Mn/c2*17-12-7-3-1-5-10(12)9-15-16-14(19)11-6-2-4-8-13(11)18;/h2*1-9,17-18H,(H,16,19);/q;;+2/p+2. The van der Waals surface area contributed by atoms with Crippen LogP contribution in [-0.2, 0) is 17.1 Å². The molecule has 4 aromatic carbocycles. The summed E-state index contributed by atoms with van der Waals surface area (Å²) in [7, 11) is 0. The van der Waals surface area contributed by atoms with Gasteiger partial charge in [-0.05, 0) is 36.4 Å². The van der Waals surface area contributed by atoms with E-state index in [1.807, 2.05) is 0 Å². The molecule has 197 valence electrons. The molecule has 0 aliphatic rings. The van der Waals surface area contributed by atoms with E-state index < -0.39 is 11.8 Å². The zero-order valence-corrected chi connectivity index (χ0v) is 21.6. The number of carbonyl (C=O) groups is 2. The Hall–Kier alpha value is -5.12. The van der Waals surface area contributed by atoms with E-state index in [1.54, 1.807) is 72.8 Å². The molecule has 39 heavy (non-hydrogen) atoms. The van der Waals surface area contributed by atoms with E-state index in [9.17, 15) is 19.8 Å². The van der Waals surface area contributed by atoms with E-state index in [4.69, 9.17) is 10.2 Å². The van der Waals surface area contributed by atoms with Gasteiger partial charge in [-0.15, -0.1) is 0 Å². The quantitative estimate of drug-likeness (QED) is 0.121. The molecule has 11 heteroatoms. The number of amides is 2. The molecule has 0 bridgehead atoms. The normalized spacial score (nSPS) is 10.3. The van der Waals surface area contributed by atoms with Crippen LogP contribution in [-0.4, -0.2) is 44.7 Å². The van der Waals surface area contributed by atoms with Gasteiger partial charge in [0.15, 0.2) is 0 Å². The van der Waals surface area contributed by atoms with Crippen molar-refractivity contribution in [3.05, 3.63) is 119 Å². The van der Waals surface area contributed by atoms with Crippen LogP contribution in [0.3, 0.4) is 0 Å². The molecule has 8 N–H and O–H groups in total. The third-order valence-electron chi connectivity index (χ3n) is 4.96. The first-order valence-corrected chi connectivity index (χ1v) is 11.2. The summed E-state index contributed by atoms with van der Waals surface area (Å²) in [5.74, 6) is -0.563. The van der Waals surface area contributed by atoms with Gasteiger partial charge in [-0.25, -0.2) is 10.9 Å². The first-order chi connectivity index (χ1) is 18.4. The summed E-state index contributed by atoms with van der Waals surface area (Å²) < 4.78 is 0. The maximum Gasteiger partial charge on any atom is 2.00 e. The van der Waals surface area contributed by atoms with Crippen molar-refractivity contribution in [2.75, 3.05) is 0 Å². The molecule has 4 aromatic rings. The Labute approximate surface area is 234 Å². The van der Waals surface area contributed by atoms with Crippen LogP contribution in [0.2, 0.25) is 0 Å². The number of nitrogens with one attached hydrogen (secondary N) is 2. The number of phenolic OH excluding ortho intramolecular Hbond substituents is 2. The Morgan fingerprint density at radius 1 is 0.590 bits per heavy atom. The molecule has 0 aliphatic carbocycles. The number of rotatable bonds is 6. The molecule has 0 aliphatic heterocycles. The van der Waals surface area contributed by atoms with Crippen LogP contribution in [0.1, 0.15) is 31.8 Å². The van der Waals surface area contributed by atoms with Crippen molar-refractivity contribution in [3.63, 3.8) is 0 Å². The van der Waals surface area contributed by atoms with Crippen molar-refractivity contribution in [2.24, 2.45) is 10.2 Å². The van der Waals surface area contributed by atoms with E-state index in [0.29, 0.717) is 22.6 Å². The maximum absolute atomic E-state index is 11.7. The van der Waals surface area contributed by atoms with Gasteiger partial charge in [0.1, 0.15) is 11.5 Å². The molecule has 4 rings (SSSR count). The molecular formula is C28H26MnN4O6+4. The summed E-state index contributed by atoms with van der Waals surface area (Å²) >= 11 is 0. The minimum atomic E-state index is -0.503. The van der Waals surface area contributed by atoms with Crippen LogP contribution in [0, 0.1) is 0 Å². The molecule has 0 saturated carbocycles. The molecule has 0 spiro atoms. The summed E-state index contributed by atoms with van der Waals surface area (Å²) in [6.45, 7) is 0. The van der Waals surface area contributed by atoms with Crippen molar-refractivity contribution in [3.8, 4) is 23.0 Å². The molecule has 0 aromatic heterocycles. The molecule has 2 amide bonds. The van der Waals surface area contributed by atoms with E-state index in [1.165, 1.54) is 36.7 Å². The fourth-order valence-electron chi connectivity index (χ4n) is 2.99. The average Bonchev–Trinajstić information content (AvgIpc) is 2.91. The van der Waals surface area contributed by atoms with Crippen LogP contribution in [0.25, 0.3) is 0 Å². The average molecular weight is 569 g/mol. The van der Waals surface area contributed by atoms with Crippen LogP contribution in [0.5, 0.6) is 23.0 Å². The maximum atomic E-state index is 11.7. The summed E-state index contributed by atoms with van der Waals surface area (Å²) in [4.78, 5) is 23.4. The van der Waals surface area contributed by atoms with Crippen LogP contribution in [0.15, 0.2) is 107 Å². The van der Waals surface area contributed by atoms with Crippen LogP contribution < -0.4 is 10.9 Å². The summed E-state index contributed by atoms with van der Waals surface area (Å²) in [6.07, 6.45) is 2.78. The number of phenols is 2. The Morgan fingerprint density at radius 2 is 0.923 bits per heavy atom.